The molecule has 7 heteroatoms. The second-order valence-electron chi connectivity index (χ2n) is 6.05. The number of aryl methyl sites for hydroxylation is 1. The molecule has 0 aromatic carbocycles. The topological polar surface area (TPSA) is 54.7 Å². The van der Waals surface area contributed by atoms with Gasteiger partial charge in [0.1, 0.15) is 6.10 Å². The highest BCUT2D eigenvalue weighted by molar-refractivity contribution is 14.0. The molecule has 1 aromatic heterocycles. The third-order valence-electron chi connectivity index (χ3n) is 4.07. The summed E-state index contributed by atoms with van der Waals surface area (Å²) in [6, 6.07) is 0. The molecule has 1 fully saturated rings. The Balaban J connectivity index is 0.00000288. The van der Waals surface area contributed by atoms with E-state index in [1.54, 1.807) is 0 Å². The molecule has 1 aromatic rings. The maximum Gasteiger partial charge on any atom is 0.194 e. The lowest BCUT2D eigenvalue weighted by Gasteiger charge is -2.34. The molecule has 1 aliphatic rings. The van der Waals surface area contributed by atoms with Crippen molar-refractivity contribution in [3.05, 3.63) is 18.0 Å². The van der Waals surface area contributed by atoms with Crippen molar-refractivity contribution >= 4 is 29.9 Å². The summed E-state index contributed by atoms with van der Waals surface area (Å²) in [6.07, 6.45) is 8.99. The van der Waals surface area contributed by atoms with Crippen LogP contribution < -0.4 is 5.32 Å². The molecular formula is C17H32IN5O. The lowest BCUT2D eigenvalue weighted by atomic mass is 10.1. The minimum absolute atomic E-state index is 0. The molecule has 1 unspecified atom stereocenters. The quantitative estimate of drug-likeness (QED) is 0.301. The fraction of sp³-hybridized carbons (Fsp3) is 0.765. The Kier molecular flexibility index (Phi) is 10.3. The van der Waals surface area contributed by atoms with Crippen LogP contribution in [0.25, 0.3) is 0 Å². The zero-order chi connectivity index (χ0) is 16.5. The first-order chi connectivity index (χ1) is 11.2. The first kappa shape index (κ1) is 21.2. The summed E-state index contributed by atoms with van der Waals surface area (Å²) in [7, 11) is 1.94. The lowest BCUT2D eigenvalue weighted by molar-refractivity contribution is -0.00804. The third kappa shape index (κ3) is 6.58. The van der Waals surface area contributed by atoms with Crippen molar-refractivity contribution in [2.75, 3.05) is 32.8 Å². The van der Waals surface area contributed by atoms with Gasteiger partial charge in [0.05, 0.1) is 19.3 Å². The van der Waals surface area contributed by atoms with Gasteiger partial charge in [-0.25, -0.2) is 0 Å². The molecule has 1 aliphatic heterocycles. The Morgan fingerprint density at radius 1 is 1.38 bits per heavy atom. The van der Waals surface area contributed by atoms with Crippen LogP contribution in [0.2, 0.25) is 0 Å². The average molecular weight is 449 g/mol. The molecule has 0 aliphatic carbocycles. The fourth-order valence-corrected chi connectivity index (χ4v) is 2.80. The van der Waals surface area contributed by atoms with Crippen LogP contribution in [-0.4, -0.2) is 53.4 Å². The molecule has 1 atom stereocenters. The van der Waals surface area contributed by atoms with Gasteiger partial charge in [-0.3, -0.25) is 9.67 Å². The number of nitrogens with one attached hydrogen (secondary N) is 1. The van der Waals surface area contributed by atoms with E-state index in [0.717, 1.165) is 44.3 Å². The Labute approximate surface area is 163 Å². The molecule has 1 N–H and O–H groups in total. The van der Waals surface area contributed by atoms with Crippen LogP contribution in [0.15, 0.2) is 17.4 Å². The molecular weight excluding hydrogens is 417 g/mol. The van der Waals surface area contributed by atoms with Crippen molar-refractivity contribution in [1.29, 1.82) is 0 Å². The SMILES string of the molecule is CCCCCCN=C(NCC)N1CCOC(c2cnn(C)c2)C1.I. The number of halogens is 1. The third-order valence-corrected chi connectivity index (χ3v) is 4.07. The van der Waals surface area contributed by atoms with Crippen LogP contribution in [0.1, 0.15) is 51.2 Å². The van der Waals surface area contributed by atoms with Gasteiger partial charge in [0, 0.05) is 38.4 Å². The van der Waals surface area contributed by atoms with E-state index in [2.05, 4.69) is 29.2 Å². The van der Waals surface area contributed by atoms with E-state index in [9.17, 15) is 0 Å². The average Bonchev–Trinajstić information content (AvgIpc) is 3.00. The first-order valence-electron chi connectivity index (χ1n) is 8.88. The van der Waals surface area contributed by atoms with Gasteiger partial charge in [-0.15, -0.1) is 24.0 Å². The number of ether oxygens (including phenoxy) is 1. The largest absolute Gasteiger partial charge is 0.370 e. The predicted molar refractivity (Wildman–Crippen MR) is 109 cm³/mol. The highest BCUT2D eigenvalue weighted by Gasteiger charge is 2.25. The van der Waals surface area contributed by atoms with Crippen molar-refractivity contribution in [3.63, 3.8) is 0 Å². The molecule has 0 radical (unpaired) electrons. The van der Waals surface area contributed by atoms with Crippen LogP contribution >= 0.6 is 24.0 Å². The van der Waals surface area contributed by atoms with Gasteiger partial charge in [-0.1, -0.05) is 26.2 Å². The number of nitrogens with zero attached hydrogens (tertiary/aromatic N) is 4. The summed E-state index contributed by atoms with van der Waals surface area (Å²) in [5.41, 5.74) is 1.14. The number of hydrogen-bond donors (Lipinski definition) is 1. The molecule has 6 nitrogen and oxygen atoms in total. The second kappa shape index (κ2) is 11.7. The minimum Gasteiger partial charge on any atom is -0.370 e. The molecule has 0 saturated carbocycles. The van der Waals surface area contributed by atoms with Crippen molar-refractivity contribution in [1.82, 2.24) is 20.0 Å². The summed E-state index contributed by atoms with van der Waals surface area (Å²) in [5.74, 6) is 1.01. The highest BCUT2D eigenvalue weighted by Crippen LogP contribution is 2.21. The van der Waals surface area contributed by atoms with E-state index in [1.807, 2.05) is 24.1 Å². The monoisotopic (exact) mass is 449 g/mol. The maximum atomic E-state index is 5.92. The molecule has 0 amide bonds. The number of morpholine rings is 1. The van der Waals surface area contributed by atoms with Gasteiger partial charge >= 0.3 is 0 Å². The Bertz CT molecular complexity index is 491. The molecule has 24 heavy (non-hydrogen) atoms. The smallest absolute Gasteiger partial charge is 0.194 e. The van der Waals surface area contributed by atoms with Crippen molar-refractivity contribution < 1.29 is 4.74 Å². The van der Waals surface area contributed by atoms with Crippen molar-refractivity contribution in [2.24, 2.45) is 12.0 Å². The lowest BCUT2D eigenvalue weighted by Crippen LogP contribution is -2.48. The molecule has 0 bridgehead atoms. The molecule has 1 saturated heterocycles. The molecule has 0 spiro atoms. The van der Waals surface area contributed by atoms with Gasteiger partial charge in [0.15, 0.2) is 5.96 Å². The number of aromatic nitrogens is 2. The van der Waals surface area contributed by atoms with Crippen LogP contribution in [0.4, 0.5) is 0 Å². The van der Waals surface area contributed by atoms with E-state index < -0.39 is 0 Å². The summed E-state index contributed by atoms with van der Waals surface area (Å²) >= 11 is 0. The van der Waals surface area contributed by atoms with E-state index >= 15 is 0 Å². The van der Waals surface area contributed by atoms with Crippen LogP contribution in [0.3, 0.4) is 0 Å². The predicted octanol–water partition coefficient (Wildman–Crippen LogP) is 2.96. The number of hydrogen-bond acceptors (Lipinski definition) is 3. The van der Waals surface area contributed by atoms with Gasteiger partial charge < -0.3 is 15.0 Å². The van der Waals surface area contributed by atoms with Crippen molar-refractivity contribution in [2.45, 2.75) is 45.6 Å². The van der Waals surface area contributed by atoms with Gasteiger partial charge in [-0.05, 0) is 13.3 Å². The van der Waals surface area contributed by atoms with E-state index in [1.165, 1.54) is 25.7 Å². The van der Waals surface area contributed by atoms with E-state index in [-0.39, 0.29) is 30.1 Å². The molecule has 138 valence electrons. The Morgan fingerprint density at radius 2 is 2.21 bits per heavy atom. The second-order valence-corrected chi connectivity index (χ2v) is 6.05. The Hall–Kier alpha value is -0.830. The maximum absolute atomic E-state index is 5.92. The van der Waals surface area contributed by atoms with Crippen molar-refractivity contribution in [3.8, 4) is 0 Å². The molecule has 2 heterocycles. The van der Waals surface area contributed by atoms with E-state index in [4.69, 9.17) is 9.73 Å². The zero-order valence-corrected chi connectivity index (χ0v) is 17.5. The summed E-state index contributed by atoms with van der Waals surface area (Å²) in [6.45, 7) is 8.58. The normalized spacial score (nSPS) is 18.4. The number of rotatable bonds is 7. The van der Waals surface area contributed by atoms with E-state index in [0.29, 0.717) is 0 Å². The fourth-order valence-electron chi connectivity index (χ4n) is 2.80. The standard InChI is InChI=1S/C17H31N5O.HI/c1-4-6-7-8-9-19-17(18-5-2)22-10-11-23-16(14-22)15-12-20-21(3)13-15;/h12-13,16H,4-11,14H2,1-3H3,(H,18,19);1H. The summed E-state index contributed by atoms with van der Waals surface area (Å²) < 4.78 is 7.74. The summed E-state index contributed by atoms with van der Waals surface area (Å²) in [4.78, 5) is 7.11. The molecule has 2 rings (SSSR count). The van der Waals surface area contributed by atoms with Gasteiger partial charge in [-0.2, -0.15) is 5.10 Å². The number of unbranched alkanes of at least 4 members (excludes halogenated alkanes) is 3. The van der Waals surface area contributed by atoms with Gasteiger partial charge in [0.25, 0.3) is 0 Å². The minimum atomic E-state index is 0. The highest BCUT2D eigenvalue weighted by atomic mass is 127. The summed E-state index contributed by atoms with van der Waals surface area (Å²) in [5, 5.41) is 7.67. The van der Waals surface area contributed by atoms with Crippen LogP contribution in [-0.2, 0) is 11.8 Å². The van der Waals surface area contributed by atoms with Gasteiger partial charge in [0.2, 0.25) is 0 Å². The zero-order valence-electron chi connectivity index (χ0n) is 15.2. The number of aliphatic imine (C=N–C) groups is 1. The van der Waals surface area contributed by atoms with Crippen LogP contribution in [0, 0.1) is 0 Å². The Morgan fingerprint density at radius 3 is 2.88 bits per heavy atom. The number of guanidine groups is 1. The first-order valence-corrected chi connectivity index (χ1v) is 8.88. The van der Waals surface area contributed by atoms with Crippen LogP contribution in [0.5, 0.6) is 0 Å².